The van der Waals surface area contributed by atoms with Crippen LogP contribution in [0.1, 0.15) is 11.1 Å². The summed E-state index contributed by atoms with van der Waals surface area (Å²) in [4.78, 5) is 26.8. The van der Waals surface area contributed by atoms with Crippen molar-refractivity contribution in [3.05, 3.63) is 75.7 Å². The highest BCUT2D eigenvalue weighted by Gasteiger charge is 2.33. The Morgan fingerprint density at radius 1 is 1.21 bits per heavy atom. The zero-order chi connectivity index (χ0) is 20.8. The van der Waals surface area contributed by atoms with Gasteiger partial charge >= 0.3 is 0 Å². The molecule has 2 aromatic rings. The summed E-state index contributed by atoms with van der Waals surface area (Å²) in [7, 11) is 0. The lowest BCUT2D eigenvalue weighted by Gasteiger charge is -2.19. The molecule has 5 nitrogen and oxygen atoms in total. The van der Waals surface area contributed by atoms with Gasteiger partial charge in [0.2, 0.25) is 5.91 Å². The maximum absolute atomic E-state index is 12.7. The van der Waals surface area contributed by atoms with Gasteiger partial charge in [-0.1, -0.05) is 84.1 Å². The minimum Gasteiger partial charge on any atom is -0.394 e. The summed E-state index contributed by atoms with van der Waals surface area (Å²) < 4.78 is 0.312. The molecule has 0 bridgehead atoms. The normalized spacial score (nSPS) is 16.3. The number of aliphatic hydroxyl groups excluding tert-OH is 1. The number of carbonyl (C=O) groups excluding carboxylic acids is 2. The second-order valence-electron chi connectivity index (χ2n) is 6.43. The monoisotopic (exact) mass is 446 g/mol. The van der Waals surface area contributed by atoms with Crippen LogP contribution < -0.4 is 5.32 Å². The number of amides is 2. The Bertz CT molecular complexity index is 950. The van der Waals surface area contributed by atoms with Crippen molar-refractivity contribution in [2.45, 2.75) is 12.5 Å². The van der Waals surface area contributed by atoms with Gasteiger partial charge in [-0.2, -0.15) is 0 Å². The van der Waals surface area contributed by atoms with Crippen LogP contribution in [0.25, 0.3) is 6.08 Å². The zero-order valence-corrected chi connectivity index (χ0v) is 17.8. The highest BCUT2D eigenvalue weighted by molar-refractivity contribution is 8.26. The molecule has 0 aliphatic carbocycles. The van der Waals surface area contributed by atoms with Crippen LogP contribution in [0.4, 0.5) is 0 Å². The van der Waals surface area contributed by atoms with Gasteiger partial charge in [-0.3, -0.25) is 14.5 Å². The third kappa shape index (κ3) is 5.67. The van der Waals surface area contributed by atoms with E-state index in [1.54, 1.807) is 18.2 Å². The Labute approximate surface area is 183 Å². The van der Waals surface area contributed by atoms with Gasteiger partial charge in [-0.05, 0) is 29.7 Å². The number of nitrogens with one attached hydrogen (secondary N) is 1. The summed E-state index contributed by atoms with van der Waals surface area (Å²) in [5.41, 5.74) is 1.71. The predicted octanol–water partition coefficient (Wildman–Crippen LogP) is 3.26. The summed E-state index contributed by atoms with van der Waals surface area (Å²) in [5.74, 6) is -0.714. The van der Waals surface area contributed by atoms with E-state index in [0.717, 1.165) is 17.3 Å². The number of carbonyl (C=O) groups is 2. The van der Waals surface area contributed by atoms with Gasteiger partial charge in [0.05, 0.1) is 17.6 Å². The van der Waals surface area contributed by atoms with Crippen LogP contribution in [0.5, 0.6) is 0 Å². The molecule has 2 amide bonds. The second kappa shape index (κ2) is 10.0. The molecule has 2 N–H and O–H groups in total. The van der Waals surface area contributed by atoms with Crippen LogP contribution in [0.2, 0.25) is 5.02 Å². The smallest absolute Gasteiger partial charge is 0.266 e. The maximum atomic E-state index is 12.7. The molecule has 1 saturated heterocycles. The third-order valence-corrected chi connectivity index (χ3v) is 6.00. The number of hydrogen-bond donors (Lipinski definition) is 2. The van der Waals surface area contributed by atoms with Crippen LogP contribution >= 0.6 is 35.6 Å². The molecule has 29 heavy (non-hydrogen) atoms. The van der Waals surface area contributed by atoms with Crippen LogP contribution in [0.3, 0.4) is 0 Å². The topological polar surface area (TPSA) is 69.6 Å². The van der Waals surface area contributed by atoms with Crippen LogP contribution in [0.15, 0.2) is 59.5 Å². The molecular formula is C21H19ClN2O3S2. The van der Waals surface area contributed by atoms with Gasteiger partial charge in [0.25, 0.3) is 5.91 Å². The first-order valence-electron chi connectivity index (χ1n) is 8.92. The molecule has 1 heterocycles. The fourth-order valence-corrected chi connectivity index (χ4v) is 4.28. The molecule has 3 rings (SSSR count). The van der Waals surface area contributed by atoms with E-state index < -0.39 is 6.04 Å². The highest BCUT2D eigenvalue weighted by atomic mass is 35.5. The largest absolute Gasteiger partial charge is 0.394 e. The van der Waals surface area contributed by atoms with Gasteiger partial charge in [0.1, 0.15) is 10.9 Å². The van der Waals surface area contributed by atoms with Crippen LogP contribution in [-0.4, -0.2) is 45.3 Å². The number of rotatable bonds is 7. The molecule has 2 aromatic carbocycles. The number of thioether (sulfide) groups is 1. The average molecular weight is 447 g/mol. The average Bonchev–Trinajstić information content (AvgIpc) is 2.97. The standard InChI is InChI=1S/C21H19ClN2O3S2/c22-17-9-5-4-8-15(17)11-18-20(27)24(21(28)29-18)12-19(26)23-16(13-25)10-14-6-2-1-3-7-14/h1-9,11,16,25H,10,12-13H2,(H,23,26)/b18-11-. The Hall–Kier alpha value is -2.19. The summed E-state index contributed by atoms with van der Waals surface area (Å²) in [6.45, 7) is -0.402. The maximum Gasteiger partial charge on any atom is 0.266 e. The third-order valence-electron chi connectivity index (χ3n) is 4.28. The van der Waals surface area contributed by atoms with Gasteiger partial charge in [0.15, 0.2) is 0 Å². The Balaban J connectivity index is 1.63. The number of aliphatic hydroxyl groups is 1. The Kier molecular flexibility index (Phi) is 7.44. The fourth-order valence-electron chi connectivity index (χ4n) is 2.85. The molecule has 8 heteroatoms. The van der Waals surface area contributed by atoms with Crippen molar-refractivity contribution in [3.63, 3.8) is 0 Å². The van der Waals surface area contributed by atoms with Crippen molar-refractivity contribution in [1.82, 2.24) is 10.2 Å². The molecule has 1 unspecified atom stereocenters. The minimum absolute atomic E-state index is 0.199. The first-order chi connectivity index (χ1) is 14.0. The second-order valence-corrected chi connectivity index (χ2v) is 8.51. The summed E-state index contributed by atoms with van der Waals surface area (Å²) in [5, 5.41) is 12.9. The molecule has 0 spiro atoms. The lowest BCUT2D eigenvalue weighted by molar-refractivity contribution is -0.129. The molecular weight excluding hydrogens is 428 g/mol. The van der Waals surface area contributed by atoms with E-state index in [4.69, 9.17) is 23.8 Å². The first kappa shape index (κ1) is 21.5. The van der Waals surface area contributed by atoms with E-state index >= 15 is 0 Å². The summed E-state index contributed by atoms with van der Waals surface area (Å²) in [6.07, 6.45) is 2.17. The molecule has 1 fully saturated rings. The van der Waals surface area contributed by atoms with E-state index in [1.165, 1.54) is 4.90 Å². The molecule has 1 aliphatic rings. The lowest BCUT2D eigenvalue weighted by atomic mass is 10.1. The predicted molar refractivity (Wildman–Crippen MR) is 120 cm³/mol. The first-order valence-corrected chi connectivity index (χ1v) is 10.5. The van der Waals surface area contributed by atoms with Crippen molar-refractivity contribution < 1.29 is 14.7 Å². The molecule has 0 radical (unpaired) electrons. The summed E-state index contributed by atoms with van der Waals surface area (Å²) in [6, 6.07) is 16.3. The quantitative estimate of drug-likeness (QED) is 0.504. The molecule has 150 valence electrons. The summed E-state index contributed by atoms with van der Waals surface area (Å²) >= 11 is 12.6. The van der Waals surface area contributed by atoms with Gasteiger partial charge < -0.3 is 10.4 Å². The minimum atomic E-state index is -0.443. The number of halogens is 1. The molecule has 0 aromatic heterocycles. The lowest BCUT2D eigenvalue weighted by Crippen LogP contribution is -2.45. The van der Waals surface area contributed by atoms with E-state index in [-0.39, 0.29) is 25.0 Å². The Morgan fingerprint density at radius 3 is 2.59 bits per heavy atom. The molecule has 1 atom stereocenters. The van der Waals surface area contributed by atoms with Gasteiger partial charge in [0, 0.05) is 5.02 Å². The fraction of sp³-hybridized carbons (Fsp3) is 0.190. The SMILES string of the molecule is O=C(CN1C(=O)/C(=C/c2ccccc2Cl)SC1=S)NC(CO)Cc1ccccc1. The van der Waals surface area contributed by atoms with Crippen LogP contribution in [-0.2, 0) is 16.0 Å². The van der Waals surface area contributed by atoms with Gasteiger partial charge in [-0.25, -0.2) is 0 Å². The van der Waals surface area contributed by atoms with E-state index in [2.05, 4.69) is 5.32 Å². The van der Waals surface area contributed by atoms with E-state index in [1.807, 2.05) is 42.5 Å². The van der Waals surface area contributed by atoms with E-state index in [0.29, 0.717) is 26.2 Å². The number of hydrogen-bond acceptors (Lipinski definition) is 5. The zero-order valence-electron chi connectivity index (χ0n) is 15.4. The number of thiocarbonyl (C=S) groups is 1. The Morgan fingerprint density at radius 2 is 1.90 bits per heavy atom. The van der Waals surface area contributed by atoms with Crippen molar-refractivity contribution in [2.75, 3.05) is 13.2 Å². The van der Waals surface area contributed by atoms with Crippen molar-refractivity contribution >= 4 is 57.8 Å². The number of benzene rings is 2. The van der Waals surface area contributed by atoms with Gasteiger partial charge in [-0.15, -0.1) is 0 Å². The van der Waals surface area contributed by atoms with E-state index in [9.17, 15) is 14.7 Å². The van der Waals surface area contributed by atoms with Crippen LogP contribution in [0, 0.1) is 0 Å². The van der Waals surface area contributed by atoms with Crippen molar-refractivity contribution in [2.24, 2.45) is 0 Å². The highest BCUT2D eigenvalue weighted by Crippen LogP contribution is 2.33. The molecule has 0 saturated carbocycles. The van der Waals surface area contributed by atoms with Crippen molar-refractivity contribution in [1.29, 1.82) is 0 Å². The molecule has 1 aliphatic heterocycles. The number of nitrogens with zero attached hydrogens (tertiary/aromatic N) is 1. The van der Waals surface area contributed by atoms with Crippen molar-refractivity contribution in [3.8, 4) is 0 Å².